The minimum Gasteiger partial charge on any atom is -0.335 e. The fourth-order valence-corrected chi connectivity index (χ4v) is 1.96. The van der Waals surface area contributed by atoms with Crippen LogP contribution in [0.3, 0.4) is 0 Å². The van der Waals surface area contributed by atoms with Crippen molar-refractivity contribution in [2.24, 2.45) is 7.05 Å². The van der Waals surface area contributed by atoms with Crippen molar-refractivity contribution in [1.82, 2.24) is 24.7 Å². The summed E-state index contributed by atoms with van der Waals surface area (Å²) in [6.45, 7) is 3.98. The summed E-state index contributed by atoms with van der Waals surface area (Å²) in [4.78, 5) is 12.0. The van der Waals surface area contributed by atoms with Gasteiger partial charge in [0.05, 0.1) is 11.2 Å². The van der Waals surface area contributed by atoms with Crippen LogP contribution in [0.2, 0.25) is 0 Å². The molecule has 3 heterocycles. The number of pyridine rings is 1. The first-order valence-electron chi connectivity index (χ1n) is 5.47. The van der Waals surface area contributed by atoms with Crippen molar-refractivity contribution in [2.75, 3.05) is 0 Å². The number of aryl methyl sites for hydroxylation is 3. The van der Waals surface area contributed by atoms with Crippen molar-refractivity contribution in [3.63, 3.8) is 0 Å². The van der Waals surface area contributed by atoms with Gasteiger partial charge in [-0.3, -0.25) is 4.68 Å². The smallest absolute Gasteiger partial charge is 0.178 e. The summed E-state index contributed by atoms with van der Waals surface area (Å²) in [5.74, 6) is 0.807. The van der Waals surface area contributed by atoms with Gasteiger partial charge in [-0.25, -0.2) is 9.97 Å². The molecular weight excluding hydrogens is 214 g/mol. The molecule has 0 fully saturated rings. The van der Waals surface area contributed by atoms with E-state index in [4.69, 9.17) is 0 Å². The average molecular weight is 227 g/mol. The normalized spacial score (nSPS) is 11.2. The van der Waals surface area contributed by atoms with E-state index in [1.807, 2.05) is 43.9 Å². The largest absolute Gasteiger partial charge is 0.335 e. The Morgan fingerprint density at radius 1 is 1.24 bits per heavy atom. The SMILES string of the molecule is Cc1cnc2nc(-c3cc(C)nn3C)[nH]c2c1. The molecule has 0 unspecified atom stereocenters. The highest BCUT2D eigenvalue weighted by Crippen LogP contribution is 2.19. The highest BCUT2D eigenvalue weighted by atomic mass is 15.3. The van der Waals surface area contributed by atoms with Gasteiger partial charge in [-0.05, 0) is 31.5 Å². The van der Waals surface area contributed by atoms with Crippen LogP contribution in [0, 0.1) is 13.8 Å². The van der Waals surface area contributed by atoms with Gasteiger partial charge >= 0.3 is 0 Å². The molecule has 3 rings (SSSR count). The minimum absolute atomic E-state index is 0.740. The molecule has 0 aliphatic carbocycles. The predicted octanol–water partition coefficient (Wildman–Crippen LogP) is 1.98. The third kappa shape index (κ3) is 1.60. The minimum atomic E-state index is 0.740. The summed E-state index contributed by atoms with van der Waals surface area (Å²) in [7, 11) is 1.91. The molecular formula is C12H13N5. The Hall–Kier alpha value is -2.17. The van der Waals surface area contributed by atoms with Crippen LogP contribution in [0.25, 0.3) is 22.7 Å². The lowest BCUT2D eigenvalue weighted by molar-refractivity contribution is 0.760. The third-order valence-electron chi connectivity index (χ3n) is 2.72. The van der Waals surface area contributed by atoms with Gasteiger partial charge in [-0.2, -0.15) is 5.10 Å². The Morgan fingerprint density at radius 3 is 2.76 bits per heavy atom. The Labute approximate surface area is 98.5 Å². The highest BCUT2D eigenvalue weighted by molar-refractivity contribution is 5.75. The van der Waals surface area contributed by atoms with Gasteiger partial charge in [-0.1, -0.05) is 0 Å². The molecule has 0 aliphatic heterocycles. The van der Waals surface area contributed by atoms with Crippen LogP contribution in [0.5, 0.6) is 0 Å². The predicted molar refractivity (Wildman–Crippen MR) is 65.6 cm³/mol. The number of hydrogen-bond donors (Lipinski definition) is 1. The van der Waals surface area contributed by atoms with Crippen molar-refractivity contribution in [3.05, 3.63) is 29.6 Å². The first-order valence-corrected chi connectivity index (χ1v) is 5.47. The lowest BCUT2D eigenvalue weighted by atomic mass is 10.3. The molecule has 0 radical (unpaired) electrons. The first kappa shape index (κ1) is 10.0. The van der Waals surface area contributed by atoms with Crippen molar-refractivity contribution in [3.8, 4) is 11.5 Å². The van der Waals surface area contributed by atoms with Gasteiger partial charge in [0, 0.05) is 13.2 Å². The van der Waals surface area contributed by atoms with E-state index in [0.717, 1.165) is 33.9 Å². The molecule has 0 saturated carbocycles. The number of nitrogens with one attached hydrogen (secondary N) is 1. The average Bonchev–Trinajstić information content (AvgIpc) is 2.80. The summed E-state index contributed by atoms with van der Waals surface area (Å²) < 4.78 is 1.82. The maximum absolute atomic E-state index is 4.47. The second-order valence-electron chi connectivity index (χ2n) is 4.26. The van der Waals surface area contributed by atoms with E-state index >= 15 is 0 Å². The maximum Gasteiger partial charge on any atom is 0.178 e. The van der Waals surface area contributed by atoms with Crippen molar-refractivity contribution >= 4 is 11.2 Å². The fraction of sp³-hybridized carbons (Fsp3) is 0.250. The molecule has 5 heteroatoms. The second kappa shape index (κ2) is 3.41. The Morgan fingerprint density at radius 2 is 2.06 bits per heavy atom. The lowest BCUT2D eigenvalue weighted by Gasteiger charge is -1.95. The summed E-state index contributed by atoms with van der Waals surface area (Å²) in [5, 5.41) is 4.31. The second-order valence-corrected chi connectivity index (χ2v) is 4.26. The third-order valence-corrected chi connectivity index (χ3v) is 2.72. The topological polar surface area (TPSA) is 59.4 Å². The Balaban J connectivity index is 2.21. The number of rotatable bonds is 1. The van der Waals surface area contributed by atoms with Gasteiger partial charge in [0.25, 0.3) is 0 Å². The number of nitrogens with zero attached hydrogens (tertiary/aromatic N) is 4. The molecule has 0 aliphatic rings. The van der Waals surface area contributed by atoms with Crippen LogP contribution in [0.15, 0.2) is 18.3 Å². The molecule has 5 nitrogen and oxygen atoms in total. The monoisotopic (exact) mass is 227 g/mol. The first-order chi connectivity index (χ1) is 8.13. The zero-order valence-corrected chi connectivity index (χ0v) is 10.0. The van der Waals surface area contributed by atoms with Gasteiger partial charge < -0.3 is 4.98 Å². The summed E-state index contributed by atoms with van der Waals surface area (Å²) in [5.41, 5.74) is 4.77. The summed E-state index contributed by atoms with van der Waals surface area (Å²) in [6.07, 6.45) is 1.82. The standard InChI is InChI=1S/C12H13N5/c1-7-4-9-11(13-6-7)15-12(14-9)10-5-8(2)16-17(10)3/h4-6H,1-3H3,(H,13,14,15). The maximum atomic E-state index is 4.47. The zero-order chi connectivity index (χ0) is 12.0. The summed E-state index contributed by atoms with van der Waals surface area (Å²) in [6, 6.07) is 4.05. The van der Waals surface area contributed by atoms with Gasteiger partial charge in [0.1, 0.15) is 5.69 Å². The quantitative estimate of drug-likeness (QED) is 0.691. The van der Waals surface area contributed by atoms with Crippen molar-refractivity contribution in [2.45, 2.75) is 13.8 Å². The Kier molecular flexibility index (Phi) is 2.01. The number of fused-ring (bicyclic) bond motifs is 1. The van der Waals surface area contributed by atoms with E-state index in [0.29, 0.717) is 0 Å². The van der Waals surface area contributed by atoms with Crippen molar-refractivity contribution < 1.29 is 0 Å². The number of aromatic nitrogens is 5. The molecule has 0 spiro atoms. The van der Waals surface area contributed by atoms with Gasteiger partial charge in [0.2, 0.25) is 0 Å². The van der Waals surface area contributed by atoms with E-state index in [1.54, 1.807) is 0 Å². The number of H-pyrrole nitrogens is 1. The lowest BCUT2D eigenvalue weighted by Crippen LogP contribution is -1.94. The highest BCUT2D eigenvalue weighted by Gasteiger charge is 2.10. The Bertz CT molecular complexity index is 692. The molecule has 0 atom stereocenters. The van der Waals surface area contributed by atoms with Crippen LogP contribution in [-0.2, 0) is 7.05 Å². The number of hydrogen-bond acceptors (Lipinski definition) is 3. The van der Waals surface area contributed by atoms with E-state index in [-0.39, 0.29) is 0 Å². The van der Waals surface area contributed by atoms with E-state index < -0.39 is 0 Å². The van der Waals surface area contributed by atoms with E-state index in [1.165, 1.54) is 0 Å². The molecule has 0 aromatic carbocycles. The van der Waals surface area contributed by atoms with Gasteiger partial charge in [-0.15, -0.1) is 0 Å². The molecule has 0 bridgehead atoms. The van der Waals surface area contributed by atoms with Gasteiger partial charge in [0.15, 0.2) is 11.5 Å². The van der Waals surface area contributed by atoms with Crippen molar-refractivity contribution in [1.29, 1.82) is 0 Å². The number of imidazole rings is 1. The van der Waals surface area contributed by atoms with Crippen LogP contribution >= 0.6 is 0 Å². The zero-order valence-electron chi connectivity index (χ0n) is 10.0. The molecule has 17 heavy (non-hydrogen) atoms. The number of aromatic amines is 1. The molecule has 0 amide bonds. The molecule has 3 aromatic rings. The molecule has 1 N–H and O–H groups in total. The van der Waals surface area contributed by atoms with E-state index in [2.05, 4.69) is 20.1 Å². The van der Waals surface area contributed by atoms with Crippen LogP contribution in [0.1, 0.15) is 11.3 Å². The van der Waals surface area contributed by atoms with Crippen LogP contribution in [0.4, 0.5) is 0 Å². The van der Waals surface area contributed by atoms with Crippen LogP contribution < -0.4 is 0 Å². The molecule has 86 valence electrons. The molecule has 3 aromatic heterocycles. The van der Waals surface area contributed by atoms with Crippen LogP contribution in [-0.4, -0.2) is 24.7 Å². The summed E-state index contributed by atoms with van der Waals surface area (Å²) >= 11 is 0. The fourth-order valence-electron chi connectivity index (χ4n) is 1.96. The van der Waals surface area contributed by atoms with E-state index in [9.17, 15) is 0 Å². The molecule has 0 saturated heterocycles.